The Morgan fingerprint density at radius 1 is 1.33 bits per heavy atom. The van der Waals surface area contributed by atoms with E-state index in [1.54, 1.807) is 6.07 Å². The van der Waals surface area contributed by atoms with Gasteiger partial charge in [-0.1, -0.05) is 6.07 Å². The molecule has 1 fully saturated rings. The maximum Gasteiger partial charge on any atom is 0.159 e. The summed E-state index contributed by atoms with van der Waals surface area (Å²) in [7, 11) is 0. The van der Waals surface area contributed by atoms with Crippen molar-refractivity contribution in [2.45, 2.75) is 18.2 Å². The maximum atomic E-state index is 13.1. The molecule has 0 aromatic heterocycles. The largest absolute Gasteiger partial charge is 0.309 e. The molecule has 1 aliphatic heterocycles. The summed E-state index contributed by atoms with van der Waals surface area (Å²) >= 11 is 3.97. The molecule has 5 heteroatoms. The summed E-state index contributed by atoms with van der Waals surface area (Å²) in [6.45, 7) is 2.89. The highest BCUT2D eigenvalue weighted by Crippen LogP contribution is 2.24. The minimum absolute atomic E-state index is 0.0487. The lowest BCUT2D eigenvalue weighted by Gasteiger charge is -2.23. The SMILES string of the molecule is CC(NCC1CSCCS1)c1ccc(F)c(F)c1. The fourth-order valence-electron chi connectivity index (χ4n) is 1.86. The summed E-state index contributed by atoms with van der Waals surface area (Å²) in [6.07, 6.45) is 0. The Kier molecular flexibility index (Phi) is 5.33. The van der Waals surface area contributed by atoms with E-state index in [2.05, 4.69) is 5.32 Å². The van der Waals surface area contributed by atoms with Crippen LogP contribution in [0, 0.1) is 11.6 Å². The molecule has 1 aromatic carbocycles. The monoisotopic (exact) mass is 289 g/mol. The molecule has 1 saturated heterocycles. The third-order valence-corrected chi connectivity index (χ3v) is 5.83. The Labute approximate surface area is 115 Å². The van der Waals surface area contributed by atoms with E-state index in [0.717, 1.165) is 12.1 Å². The Bertz CT molecular complexity index is 395. The van der Waals surface area contributed by atoms with Crippen LogP contribution in [0.1, 0.15) is 18.5 Å². The van der Waals surface area contributed by atoms with Gasteiger partial charge in [0.15, 0.2) is 11.6 Å². The fourth-order valence-corrected chi connectivity index (χ4v) is 4.49. The van der Waals surface area contributed by atoms with Gasteiger partial charge in [-0.25, -0.2) is 8.78 Å². The van der Waals surface area contributed by atoms with Gasteiger partial charge in [0, 0.05) is 35.1 Å². The quantitative estimate of drug-likeness (QED) is 0.911. The highest BCUT2D eigenvalue weighted by Gasteiger charge is 2.16. The molecule has 0 spiro atoms. The molecular weight excluding hydrogens is 272 g/mol. The van der Waals surface area contributed by atoms with Gasteiger partial charge in [0.05, 0.1) is 0 Å². The molecule has 0 aliphatic carbocycles. The molecule has 1 nitrogen and oxygen atoms in total. The lowest BCUT2D eigenvalue weighted by molar-refractivity contribution is 0.501. The highest BCUT2D eigenvalue weighted by atomic mass is 32.2. The van der Waals surface area contributed by atoms with Crippen LogP contribution in [0.4, 0.5) is 8.78 Å². The van der Waals surface area contributed by atoms with Crippen molar-refractivity contribution in [2.24, 2.45) is 0 Å². The average molecular weight is 289 g/mol. The van der Waals surface area contributed by atoms with Crippen LogP contribution in [-0.4, -0.2) is 29.1 Å². The summed E-state index contributed by atoms with van der Waals surface area (Å²) in [5.41, 5.74) is 0.794. The summed E-state index contributed by atoms with van der Waals surface area (Å²) in [6, 6.07) is 4.15. The van der Waals surface area contributed by atoms with Gasteiger partial charge in [-0.15, -0.1) is 0 Å². The molecule has 2 unspecified atom stereocenters. The molecule has 2 rings (SSSR count). The number of thioether (sulfide) groups is 2. The van der Waals surface area contributed by atoms with E-state index in [9.17, 15) is 8.78 Å². The predicted molar refractivity (Wildman–Crippen MR) is 76.3 cm³/mol. The van der Waals surface area contributed by atoms with Crippen LogP contribution in [0.2, 0.25) is 0 Å². The number of halogens is 2. The number of rotatable bonds is 4. The summed E-state index contributed by atoms with van der Waals surface area (Å²) in [5.74, 6) is 2.05. The van der Waals surface area contributed by atoms with Crippen molar-refractivity contribution in [2.75, 3.05) is 23.8 Å². The van der Waals surface area contributed by atoms with Crippen LogP contribution in [-0.2, 0) is 0 Å². The summed E-state index contributed by atoms with van der Waals surface area (Å²) < 4.78 is 26.0. The Morgan fingerprint density at radius 3 is 2.83 bits per heavy atom. The van der Waals surface area contributed by atoms with Gasteiger partial charge in [0.25, 0.3) is 0 Å². The molecule has 1 aliphatic rings. The van der Waals surface area contributed by atoms with Crippen molar-refractivity contribution < 1.29 is 8.78 Å². The van der Waals surface area contributed by atoms with Crippen molar-refractivity contribution in [1.82, 2.24) is 5.32 Å². The first-order chi connectivity index (χ1) is 8.66. The van der Waals surface area contributed by atoms with E-state index >= 15 is 0 Å². The van der Waals surface area contributed by atoms with Crippen LogP contribution in [0.3, 0.4) is 0 Å². The van der Waals surface area contributed by atoms with Crippen LogP contribution in [0.25, 0.3) is 0 Å². The van der Waals surface area contributed by atoms with Crippen molar-refractivity contribution in [3.8, 4) is 0 Å². The Balaban J connectivity index is 1.86. The lowest BCUT2D eigenvalue weighted by atomic mass is 10.1. The smallest absolute Gasteiger partial charge is 0.159 e. The molecule has 0 amide bonds. The van der Waals surface area contributed by atoms with Crippen LogP contribution >= 0.6 is 23.5 Å². The molecule has 0 bridgehead atoms. The van der Waals surface area contributed by atoms with E-state index in [0.29, 0.717) is 5.25 Å². The first kappa shape index (κ1) is 14.2. The molecule has 1 N–H and O–H groups in total. The molecule has 100 valence electrons. The van der Waals surface area contributed by atoms with E-state index < -0.39 is 11.6 Å². The minimum Gasteiger partial charge on any atom is -0.309 e. The van der Waals surface area contributed by atoms with Crippen molar-refractivity contribution in [3.63, 3.8) is 0 Å². The number of hydrogen-bond donors (Lipinski definition) is 1. The van der Waals surface area contributed by atoms with Crippen LogP contribution < -0.4 is 5.32 Å². The fraction of sp³-hybridized carbons (Fsp3) is 0.538. The normalized spacial score (nSPS) is 21.8. The molecule has 1 heterocycles. The van der Waals surface area contributed by atoms with Gasteiger partial charge in [-0.2, -0.15) is 23.5 Å². The number of hydrogen-bond acceptors (Lipinski definition) is 3. The Hall–Kier alpha value is -0.260. The zero-order valence-electron chi connectivity index (χ0n) is 10.3. The van der Waals surface area contributed by atoms with E-state index in [-0.39, 0.29) is 6.04 Å². The lowest BCUT2D eigenvalue weighted by Crippen LogP contribution is -2.30. The summed E-state index contributed by atoms with van der Waals surface area (Å²) in [5, 5.41) is 4.01. The molecule has 0 saturated carbocycles. The maximum absolute atomic E-state index is 13.1. The zero-order valence-corrected chi connectivity index (χ0v) is 11.9. The van der Waals surface area contributed by atoms with Gasteiger partial charge in [-0.3, -0.25) is 0 Å². The Morgan fingerprint density at radius 2 is 2.17 bits per heavy atom. The first-order valence-electron chi connectivity index (χ1n) is 6.04. The molecular formula is C13H17F2NS2. The van der Waals surface area contributed by atoms with Gasteiger partial charge in [-0.05, 0) is 24.6 Å². The predicted octanol–water partition coefficient (Wildman–Crippen LogP) is 3.46. The molecule has 1 aromatic rings. The second-order valence-corrected chi connectivity index (χ2v) is 6.93. The second kappa shape index (κ2) is 6.78. The molecule has 0 radical (unpaired) electrons. The second-order valence-electron chi connectivity index (χ2n) is 4.37. The first-order valence-corrected chi connectivity index (χ1v) is 8.25. The minimum atomic E-state index is -0.787. The summed E-state index contributed by atoms with van der Waals surface area (Å²) in [4.78, 5) is 0. The van der Waals surface area contributed by atoms with Crippen molar-refractivity contribution in [3.05, 3.63) is 35.4 Å². The van der Waals surface area contributed by atoms with E-state index in [1.807, 2.05) is 30.4 Å². The zero-order chi connectivity index (χ0) is 13.0. The third kappa shape index (κ3) is 3.87. The van der Waals surface area contributed by atoms with Gasteiger partial charge in [0.2, 0.25) is 0 Å². The molecule has 2 atom stereocenters. The topological polar surface area (TPSA) is 12.0 Å². The van der Waals surface area contributed by atoms with Gasteiger partial charge >= 0.3 is 0 Å². The van der Waals surface area contributed by atoms with Crippen molar-refractivity contribution in [1.29, 1.82) is 0 Å². The standard InChI is InChI=1S/C13H17F2NS2/c1-9(10-2-3-12(14)13(15)6-10)16-7-11-8-17-4-5-18-11/h2-3,6,9,11,16H,4-5,7-8H2,1H3. The number of nitrogens with one attached hydrogen (secondary N) is 1. The highest BCUT2D eigenvalue weighted by molar-refractivity contribution is 8.06. The third-order valence-electron chi connectivity index (χ3n) is 2.98. The van der Waals surface area contributed by atoms with Crippen molar-refractivity contribution >= 4 is 23.5 Å². The van der Waals surface area contributed by atoms with Gasteiger partial charge in [0.1, 0.15) is 0 Å². The van der Waals surface area contributed by atoms with E-state index in [4.69, 9.17) is 0 Å². The van der Waals surface area contributed by atoms with Gasteiger partial charge < -0.3 is 5.32 Å². The average Bonchev–Trinajstić information content (AvgIpc) is 2.40. The van der Waals surface area contributed by atoms with Crippen LogP contribution in [0.15, 0.2) is 18.2 Å². The van der Waals surface area contributed by atoms with Crippen LogP contribution in [0.5, 0.6) is 0 Å². The van der Waals surface area contributed by atoms with E-state index in [1.165, 1.54) is 29.4 Å². The number of benzene rings is 1. The molecule has 18 heavy (non-hydrogen) atoms.